The van der Waals surface area contributed by atoms with Gasteiger partial charge in [-0.15, -0.1) is 0 Å². The minimum Gasteiger partial charge on any atom is -0.488 e. The Labute approximate surface area is 161 Å². The summed E-state index contributed by atoms with van der Waals surface area (Å²) in [5.41, 5.74) is 6.11. The Bertz CT molecular complexity index is 931. The van der Waals surface area contributed by atoms with Gasteiger partial charge in [-0.05, 0) is 42.0 Å². The predicted molar refractivity (Wildman–Crippen MR) is 101 cm³/mol. The standard InChI is InChI=1S/C20H16ClN3O3/c21-15-10-8-14(9-11-15)13-27-18-7-2-1-5-16(18)19(25)23-24-20(26)17-6-3-4-12-22-17/h1-12H,13H2,(H,23,25)(H,24,26). The number of carbonyl (C=O) groups excluding carboxylic acids is 2. The van der Waals surface area contributed by atoms with E-state index in [1.165, 1.54) is 6.20 Å². The van der Waals surface area contributed by atoms with Gasteiger partial charge in [0.25, 0.3) is 11.8 Å². The number of carbonyl (C=O) groups is 2. The second-order valence-corrected chi connectivity index (χ2v) is 5.97. The number of nitrogens with one attached hydrogen (secondary N) is 2. The molecule has 0 aliphatic heterocycles. The van der Waals surface area contributed by atoms with Crippen molar-refractivity contribution in [2.24, 2.45) is 0 Å². The third-order valence-electron chi connectivity index (χ3n) is 3.63. The zero-order valence-corrected chi connectivity index (χ0v) is 14.9. The normalized spacial score (nSPS) is 10.1. The van der Waals surface area contributed by atoms with Crippen molar-refractivity contribution in [2.45, 2.75) is 6.61 Å². The molecule has 0 radical (unpaired) electrons. The lowest BCUT2D eigenvalue weighted by molar-refractivity contribution is 0.0841. The zero-order chi connectivity index (χ0) is 19.1. The highest BCUT2D eigenvalue weighted by Crippen LogP contribution is 2.19. The van der Waals surface area contributed by atoms with E-state index < -0.39 is 11.8 Å². The molecule has 1 aromatic heterocycles. The van der Waals surface area contributed by atoms with Crippen molar-refractivity contribution >= 4 is 23.4 Å². The number of benzene rings is 2. The number of hydrogen-bond donors (Lipinski definition) is 2. The maximum absolute atomic E-state index is 12.4. The summed E-state index contributed by atoms with van der Waals surface area (Å²) in [6.07, 6.45) is 1.50. The first-order chi connectivity index (χ1) is 13.1. The first-order valence-electron chi connectivity index (χ1n) is 8.11. The summed E-state index contributed by atoms with van der Waals surface area (Å²) in [5, 5.41) is 0.641. The van der Waals surface area contributed by atoms with Crippen LogP contribution in [0.25, 0.3) is 0 Å². The van der Waals surface area contributed by atoms with Gasteiger partial charge in [0.2, 0.25) is 0 Å². The molecule has 2 amide bonds. The molecule has 0 bridgehead atoms. The highest BCUT2D eigenvalue weighted by molar-refractivity contribution is 6.30. The monoisotopic (exact) mass is 381 g/mol. The number of hydrogen-bond acceptors (Lipinski definition) is 4. The van der Waals surface area contributed by atoms with Crippen molar-refractivity contribution in [1.82, 2.24) is 15.8 Å². The molecule has 3 aromatic rings. The largest absolute Gasteiger partial charge is 0.488 e. The molecule has 0 aliphatic carbocycles. The molecule has 0 fully saturated rings. The van der Waals surface area contributed by atoms with Crippen molar-refractivity contribution < 1.29 is 14.3 Å². The van der Waals surface area contributed by atoms with Crippen LogP contribution in [-0.4, -0.2) is 16.8 Å². The lowest BCUT2D eigenvalue weighted by Crippen LogP contribution is -2.42. The van der Waals surface area contributed by atoms with E-state index in [2.05, 4.69) is 15.8 Å². The molecule has 3 rings (SSSR count). The van der Waals surface area contributed by atoms with E-state index in [1.54, 1.807) is 54.6 Å². The molecular weight excluding hydrogens is 366 g/mol. The average Bonchev–Trinajstić information content (AvgIpc) is 2.72. The first kappa shape index (κ1) is 18.4. The van der Waals surface area contributed by atoms with E-state index >= 15 is 0 Å². The Morgan fingerprint density at radius 2 is 1.59 bits per heavy atom. The van der Waals surface area contributed by atoms with Gasteiger partial charge in [0.05, 0.1) is 5.56 Å². The zero-order valence-electron chi connectivity index (χ0n) is 14.2. The van der Waals surface area contributed by atoms with Crippen LogP contribution in [0.4, 0.5) is 0 Å². The van der Waals surface area contributed by atoms with Gasteiger partial charge in [0.15, 0.2) is 0 Å². The summed E-state index contributed by atoms with van der Waals surface area (Å²) in [7, 11) is 0. The molecule has 0 aliphatic rings. The average molecular weight is 382 g/mol. The number of rotatable bonds is 5. The number of para-hydroxylation sites is 1. The summed E-state index contributed by atoms with van der Waals surface area (Å²) in [5.74, 6) is -0.605. The van der Waals surface area contributed by atoms with Crippen LogP contribution in [0.15, 0.2) is 72.9 Å². The van der Waals surface area contributed by atoms with E-state index in [0.29, 0.717) is 16.3 Å². The fourth-order valence-electron chi connectivity index (χ4n) is 2.26. The number of pyridine rings is 1. The Balaban J connectivity index is 1.63. The van der Waals surface area contributed by atoms with E-state index in [1.807, 2.05) is 12.1 Å². The summed E-state index contributed by atoms with van der Waals surface area (Å²) in [6.45, 7) is 0.280. The lowest BCUT2D eigenvalue weighted by Gasteiger charge is -2.12. The van der Waals surface area contributed by atoms with Crippen molar-refractivity contribution in [3.05, 3.63) is 94.8 Å². The summed E-state index contributed by atoms with van der Waals surface area (Å²) < 4.78 is 5.75. The van der Waals surface area contributed by atoms with Crippen molar-refractivity contribution in [3.8, 4) is 5.75 Å². The van der Waals surface area contributed by atoms with Gasteiger partial charge in [0, 0.05) is 11.2 Å². The highest BCUT2D eigenvalue weighted by atomic mass is 35.5. The maximum atomic E-state index is 12.4. The topological polar surface area (TPSA) is 80.3 Å². The van der Waals surface area contributed by atoms with Crippen LogP contribution in [0.2, 0.25) is 5.02 Å². The molecule has 0 unspecified atom stereocenters. The van der Waals surface area contributed by atoms with Crippen LogP contribution in [0.5, 0.6) is 5.75 Å². The molecule has 7 heteroatoms. The summed E-state index contributed by atoms with van der Waals surface area (Å²) in [4.78, 5) is 28.3. The molecule has 0 saturated heterocycles. The van der Waals surface area contributed by atoms with Gasteiger partial charge in [-0.25, -0.2) is 0 Å². The quantitative estimate of drug-likeness (QED) is 0.664. The number of amides is 2. The molecule has 136 valence electrons. The lowest BCUT2D eigenvalue weighted by atomic mass is 10.2. The van der Waals surface area contributed by atoms with Crippen LogP contribution in [0, 0.1) is 0 Å². The minimum absolute atomic E-state index is 0.199. The molecule has 0 spiro atoms. The number of ether oxygens (including phenoxy) is 1. The predicted octanol–water partition coefficient (Wildman–Crippen LogP) is 3.39. The van der Waals surface area contributed by atoms with Gasteiger partial charge in [-0.2, -0.15) is 0 Å². The van der Waals surface area contributed by atoms with Gasteiger partial charge in [-0.1, -0.05) is 41.9 Å². The van der Waals surface area contributed by atoms with E-state index in [-0.39, 0.29) is 12.3 Å². The van der Waals surface area contributed by atoms with Gasteiger partial charge in [-0.3, -0.25) is 25.4 Å². The molecule has 27 heavy (non-hydrogen) atoms. The van der Waals surface area contributed by atoms with Gasteiger partial charge < -0.3 is 4.74 Å². The fourth-order valence-corrected chi connectivity index (χ4v) is 2.39. The minimum atomic E-state index is -0.511. The SMILES string of the molecule is O=C(NNC(=O)c1ccccc1OCc1ccc(Cl)cc1)c1ccccn1. The Morgan fingerprint density at radius 3 is 2.33 bits per heavy atom. The smallest absolute Gasteiger partial charge is 0.288 e. The molecule has 0 saturated carbocycles. The van der Waals surface area contributed by atoms with Crippen molar-refractivity contribution in [1.29, 1.82) is 0 Å². The molecular formula is C20H16ClN3O3. The van der Waals surface area contributed by atoms with Crippen LogP contribution >= 0.6 is 11.6 Å². The third kappa shape index (κ3) is 5.05. The third-order valence-corrected chi connectivity index (χ3v) is 3.88. The number of nitrogens with zero attached hydrogens (tertiary/aromatic N) is 1. The molecule has 2 N–H and O–H groups in total. The van der Waals surface area contributed by atoms with Gasteiger partial charge in [0.1, 0.15) is 18.1 Å². The fraction of sp³-hybridized carbons (Fsp3) is 0.0500. The van der Waals surface area contributed by atoms with Gasteiger partial charge >= 0.3 is 0 Å². The van der Waals surface area contributed by atoms with Crippen LogP contribution in [0.3, 0.4) is 0 Å². The molecule has 6 nitrogen and oxygen atoms in total. The molecule has 0 atom stereocenters. The Hall–Kier alpha value is -3.38. The number of aromatic nitrogens is 1. The van der Waals surface area contributed by atoms with Crippen LogP contribution in [0.1, 0.15) is 26.4 Å². The second kappa shape index (κ2) is 8.82. The Kier molecular flexibility index (Phi) is 6.02. The Morgan fingerprint density at radius 1 is 0.889 bits per heavy atom. The number of hydrazine groups is 1. The van der Waals surface area contributed by atoms with E-state index in [0.717, 1.165) is 5.56 Å². The summed E-state index contributed by atoms with van der Waals surface area (Å²) in [6, 6.07) is 18.9. The first-order valence-corrected chi connectivity index (χ1v) is 8.49. The summed E-state index contributed by atoms with van der Waals surface area (Å²) >= 11 is 5.87. The highest BCUT2D eigenvalue weighted by Gasteiger charge is 2.14. The maximum Gasteiger partial charge on any atom is 0.288 e. The van der Waals surface area contributed by atoms with Crippen LogP contribution < -0.4 is 15.6 Å². The van der Waals surface area contributed by atoms with Crippen molar-refractivity contribution in [3.63, 3.8) is 0 Å². The second-order valence-electron chi connectivity index (χ2n) is 5.53. The van der Waals surface area contributed by atoms with Crippen molar-refractivity contribution in [2.75, 3.05) is 0 Å². The molecule has 1 heterocycles. The van der Waals surface area contributed by atoms with E-state index in [4.69, 9.17) is 16.3 Å². The van der Waals surface area contributed by atoms with Crippen LogP contribution in [-0.2, 0) is 6.61 Å². The molecule has 2 aromatic carbocycles. The van der Waals surface area contributed by atoms with E-state index in [9.17, 15) is 9.59 Å². The number of halogens is 1.